The molecule has 0 saturated carbocycles. The van der Waals surface area contributed by atoms with E-state index in [1.54, 1.807) is 6.07 Å². The molecule has 0 aliphatic carbocycles. The summed E-state index contributed by atoms with van der Waals surface area (Å²) in [6, 6.07) is 12.5. The SMILES string of the molecule is Cc1ccccc1-n1nc2ccc(C(=O)O)cc2n1. The van der Waals surface area contributed by atoms with Crippen LogP contribution in [0, 0.1) is 6.92 Å². The van der Waals surface area contributed by atoms with Crippen LogP contribution in [-0.4, -0.2) is 26.1 Å². The summed E-state index contributed by atoms with van der Waals surface area (Å²) in [6.45, 7) is 1.98. The Balaban J connectivity index is 2.17. The lowest BCUT2D eigenvalue weighted by molar-refractivity contribution is 0.0697. The molecule has 3 rings (SSSR count). The van der Waals surface area contributed by atoms with E-state index in [1.807, 2.05) is 31.2 Å². The van der Waals surface area contributed by atoms with Crippen LogP contribution in [0.1, 0.15) is 15.9 Å². The summed E-state index contributed by atoms with van der Waals surface area (Å²) in [6.07, 6.45) is 0. The van der Waals surface area contributed by atoms with Crippen molar-refractivity contribution < 1.29 is 9.90 Å². The molecule has 0 atom stereocenters. The molecule has 1 N–H and O–H groups in total. The molecular weight excluding hydrogens is 242 g/mol. The van der Waals surface area contributed by atoms with Gasteiger partial charge in [-0.2, -0.15) is 4.80 Å². The van der Waals surface area contributed by atoms with Gasteiger partial charge in [0, 0.05) is 0 Å². The lowest BCUT2D eigenvalue weighted by Gasteiger charge is -2.02. The molecule has 5 nitrogen and oxygen atoms in total. The molecule has 1 aromatic heterocycles. The van der Waals surface area contributed by atoms with Gasteiger partial charge in [-0.05, 0) is 36.8 Å². The smallest absolute Gasteiger partial charge is 0.335 e. The first-order valence-corrected chi connectivity index (χ1v) is 5.81. The lowest BCUT2D eigenvalue weighted by atomic mass is 10.2. The quantitative estimate of drug-likeness (QED) is 0.761. The minimum Gasteiger partial charge on any atom is -0.478 e. The van der Waals surface area contributed by atoms with E-state index in [-0.39, 0.29) is 5.56 Å². The van der Waals surface area contributed by atoms with Crippen molar-refractivity contribution in [3.63, 3.8) is 0 Å². The number of rotatable bonds is 2. The fourth-order valence-electron chi connectivity index (χ4n) is 1.94. The number of nitrogens with zero attached hydrogens (tertiary/aromatic N) is 3. The second-order valence-electron chi connectivity index (χ2n) is 4.28. The van der Waals surface area contributed by atoms with Gasteiger partial charge in [-0.1, -0.05) is 18.2 Å². The van der Waals surface area contributed by atoms with Crippen LogP contribution in [0.25, 0.3) is 16.7 Å². The second-order valence-corrected chi connectivity index (χ2v) is 4.28. The first-order valence-electron chi connectivity index (χ1n) is 5.81. The van der Waals surface area contributed by atoms with Crippen LogP contribution in [-0.2, 0) is 0 Å². The summed E-state index contributed by atoms with van der Waals surface area (Å²) in [5.41, 5.74) is 3.40. The van der Waals surface area contributed by atoms with E-state index in [9.17, 15) is 4.79 Å². The highest BCUT2D eigenvalue weighted by Gasteiger charge is 2.09. The minimum atomic E-state index is -0.965. The third kappa shape index (κ3) is 1.95. The zero-order valence-corrected chi connectivity index (χ0v) is 10.2. The van der Waals surface area contributed by atoms with Gasteiger partial charge in [0.15, 0.2) is 0 Å². The molecule has 0 aliphatic heterocycles. The van der Waals surface area contributed by atoms with Gasteiger partial charge in [0.05, 0.1) is 11.3 Å². The zero-order chi connectivity index (χ0) is 13.4. The summed E-state index contributed by atoms with van der Waals surface area (Å²) < 4.78 is 0. The number of carbonyl (C=O) groups is 1. The first kappa shape index (κ1) is 11.4. The molecule has 0 saturated heterocycles. The molecule has 0 aliphatic rings. The number of hydrogen-bond acceptors (Lipinski definition) is 3. The van der Waals surface area contributed by atoms with Crippen molar-refractivity contribution in [2.75, 3.05) is 0 Å². The molecule has 0 fully saturated rings. The van der Waals surface area contributed by atoms with E-state index >= 15 is 0 Å². The summed E-state index contributed by atoms with van der Waals surface area (Å²) in [7, 11) is 0. The van der Waals surface area contributed by atoms with Crippen LogP contribution in [0.4, 0.5) is 0 Å². The highest BCUT2D eigenvalue weighted by Crippen LogP contribution is 2.16. The molecule has 1 heterocycles. The number of aryl methyl sites for hydroxylation is 1. The van der Waals surface area contributed by atoms with Crippen LogP contribution in [0.15, 0.2) is 42.5 Å². The van der Waals surface area contributed by atoms with Crippen LogP contribution in [0.5, 0.6) is 0 Å². The monoisotopic (exact) mass is 253 g/mol. The number of para-hydroxylation sites is 1. The van der Waals surface area contributed by atoms with Crippen LogP contribution < -0.4 is 0 Å². The van der Waals surface area contributed by atoms with E-state index < -0.39 is 5.97 Å². The Kier molecular flexibility index (Phi) is 2.52. The maximum Gasteiger partial charge on any atom is 0.335 e. The first-order chi connectivity index (χ1) is 9.15. The number of hydrogen-bond donors (Lipinski definition) is 1. The molecule has 94 valence electrons. The van der Waals surface area contributed by atoms with Crippen molar-refractivity contribution in [2.24, 2.45) is 0 Å². The van der Waals surface area contributed by atoms with Crippen LogP contribution in [0.2, 0.25) is 0 Å². The third-order valence-electron chi connectivity index (χ3n) is 2.96. The summed E-state index contributed by atoms with van der Waals surface area (Å²) in [5.74, 6) is -0.965. The van der Waals surface area contributed by atoms with Gasteiger partial charge in [-0.15, -0.1) is 10.2 Å². The Bertz CT molecular complexity index is 777. The van der Waals surface area contributed by atoms with Gasteiger partial charge in [-0.3, -0.25) is 0 Å². The van der Waals surface area contributed by atoms with E-state index in [1.165, 1.54) is 16.9 Å². The fraction of sp³-hybridized carbons (Fsp3) is 0.0714. The lowest BCUT2D eigenvalue weighted by Crippen LogP contribution is -2.00. The number of carboxylic acids is 1. The molecule has 5 heteroatoms. The van der Waals surface area contributed by atoms with Crippen molar-refractivity contribution >= 4 is 17.0 Å². The summed E-state index contributed by atoms with van der Waals surface area (Å²) in [4.78, 5) is 12.5. The van der Waals surface area contributed by atoms with Crippen molar-refractivity contribution in [3.8, 4) is 5.69 Å². The average Bonchev–Trinajstić information content (AvgIpc) is 2.81. The van der Waals surface area contributed by atoms with E-state index in [4.69, 9.17) is 5.11 Å². The molecule has 0 unspecified atom stereocenters. The Labute approximate surface area is 109 Å². The number of fused-ring (bicyclic) bond motifs is 1. The van der Waals surface area contributed by atoms with E-state index in [2.05, 4.69) is 10.2 Å². The standard InChI is InChI=1S/C14H11N3O2/c1-9-4-2-3-5-13(9)17-15-11-7-6-10(14(18)19)8-12(11)16-17/h2-8H,1H3,(H,18,19). The Hall–Kier alpha value is -2.69. The fourth-order valence-corrected chi connectivity index (χ4v) is 1.94. The van der Waals surface area contributed by atoms with Gasteiger partial charge < -0.3 is 5.11 Å². The minimum absolute atomic E-state index is 0.212. The average molecular weight is 253 g/mol. The second kappa shape index (κ2) is 4.20. The molecule has 0 amide bonds. The van der Waals surface area contributed by atoms with E-state index in [0.29, 0.717) is 11.0 Å². The molecule has 0 spiro atoms. The van der Waals surface area contributed by atoms with Gasteiger partial charge in [-0.25, -0.2) is 4.79 Å². The highest BCUT2D eigenvalue weighted by molar-refractivity contribution is 5.92. The molecule has 0 bridgehead atoms. The molecule has 2 aromatic carbocycles. The van der Waals surface area contributed by atoms with Crippen molar-refractivity contribution in [2.45, 2.75) is 6.92 Å². The van der Waals surface area contributed by atoms with E-state index in [0.717, 1.165) is 11.3 Å². The number of carboxylic acid groups (broad SMARTS) is 1. The zero-order valence-electron chi connectivity index (χ0n) is 10.2. The van der Waals surface area contributed by atoms with Gasteiger partial charge in [0.25, 0.3) is 0 Å². The number of aromatic nitrogens is 3. The Morgan fingerprint density at radius 2 is 1.84 bits per heavy atom. The topological polar surface area (TPSA) is 68.0 Å². The predicted octanol–water partition coefficient (Wildman–Crippen LogP) is 2.43. The van der Waals surface area contributed by atoms with Crippen molar-refractivity contribution in [1.29, 1.82) is 0 Å². The maximum atomic E-state index is 10.9. The highest BCUT2D eigenvalue weighted by atomic mass is 16.4. The maximum absolute atomic E-state index is 10.9. The normalized spacial score (nSPS) is 10.8. The molecule has 0 radical (unpaired) electrons. The van der Waals surface area contributed by atoms with Crippen LogP contribution in [0.3, 0.4) is 0 Å². The number of aromatic carboxylic acids is 1. The number of benzene rings is 2. The van der Waals surface area contributed by atoms with Crippen molar-refractivity contribution in [1.82, 2.24) is 15.0 Å². The Morgan fingerprint density at radius 3 is 2.58 bits per heavy atom. The molecular formula is C14H11N3O2. The van der Waals surface area contributed by atoms with Crippen molar-refractivity contribution in [3.05, 3.63) is 53.6 Å². The summed E-state index contributed by atoms with van der Waals surface area (Å²) in [5, 5.41) is 17.6. The van der Waals surface area contributed by atoms with Gasteiger partial charge in [0.2, 0.25) is 0 Å². The summed E-state index contributed by atoms with van der Waals surface area (Å²) >= 11 is 0. The molecule has 3 aromatic rings. The third-order valence-corrected chi connectivity index (χ3v) is 2.96. The van der Waals surface area contributed by atoms with Gasteiger partial charge >= 0.3 is 5.97 Å². The van der Waals surface area contributed by atoms with Crippen LogP contribution >= 0.6 is 0 Å². The Morgan fingerprint density at radius 1 is 1.11 bits per heavy atom. The molecule has 19 heavy (non-hydrogen) atoms. The predicted molar refractivity (Wildman–Crippen MR) is 70.6 cm³/mol. The largest absolute Gasteiger partial charge is 0.478 e. The van der Waals surface area contributed by atoms with Gasteiger partial charge in [0.1, 0.15) is 11.0 Å².